The minimum absolute atomic E-state index is 0.667. The van der Waals surface area contributed by atoms with E-state index in [-0.39, 0.29) is 0 Å². The predicted molar refractivity (Wildman–Crippen MR) is 75.9 cm³/mol. The molecule has 3 nitrogen and oxygen atoms in total. The van der Waals surface area contributed by atoms with Crippen molar-refractivity contribution in [2.45, 2.75) is 19.9 Å². The second kappa shape index (κ2) is 6.14. The molecule has 0 aromatic carbocycles. The molecule has 0 amide bonds. The summed E-state index contributed by atoms with van der Waals surface area (Å²) < 4.78 is 0. The molecule has 0 unspecified atom stereocenters. The maximum absolute atomic E-state index is 5.54. The molecule has 92 valence electrons. The molecule has 0 fully saturated rings. The molecular weight excluding hydrogens is 250 g/mol. The molecule has 0 radical (unpaired) electrons. The van der Waals surface area contributed by atoms with Gasteiger partial charge in [0, 0.05) is 23.2 Å². The van der Waals surface area contributed by atoms with Gasteiger partial charge in [-0.25, -0.2) is 4.98 Å². The molecule has 2 aromatic heterocycles. The number of hydrogen-bond donors (Lipinski definition) is 1. The fourth-order valence-corrected chi connectivity index (χ4v) is 3.25. The van der Waals surface area contributed by atoms with Gasteiger partial charge < -0.3 is 10.6 Å². The highest BCUT2D eigenvalue weighted by molar-refractivity contribution is 7.13. The first-order valence-corrected chi connectivity index (χ1v) is 7.51. The third-order valence-electron chi connectivity index (χ3n) is 2.52. The molecule has 0 aliphatic heterocycles. The van der Waals surface area contributed by atoms with Crippen molar-refractivity contribution in [3.63, 3.8) is 0 Å². The molecule has 0 spiro atoms. The fraction of sp³-hybridized carbons (Fsp3) is 0.417. The molecular formula is C12H17N3S2. The van der Waals surface area contributed by atoms with Crippen molar-refractivity contribution >= 4 is 27.8 Å². The Labute approximate surface area is 110 Å². The topological polar surface area (TPSA) is 42.2 Å². The number of hydrogen-bond acceptors (Lipinski definition) is 5. The summed E-state index contributed by atoms with van der Waals surface area (Å²) in [5, 5.41) is 5.33. The lowest BCUT2D eigenvalue weighted by Crippen LogP contribution is -2.21. The Bertz CT molecular complexity index is 436. The van der Waals surface area contributed by atoms with Crippen molar-refractivity contribution in [1.29, 1.82) is 0 Å². The summed E-state index contributed by atoms with van der Waals surface area (Å²) >= 11 is 3.50. The van der Waals surface area contributed by atoms with Gasteiger partial charge in [-0.3, -0.25) is 0 Å². The van der Waals surface area contributed by atoms with Gasteiger partial charge >= 0.3 is 0 Å². The van der Waals surface area contributed by atoms with Crippen LogP contribution in [0.4, 0.5) is 5.13 Å². The molecule has 2 heterocycles. The summed E-state index contributed by atoms with van der Waals surface area (Å²) in [6, 6.07) is 4.26. The number of rotatable bonds is 6. The average molecular weight is 267 g/mol. The zero-order chi connectivity index (χ0) is 12.1. The second-order valence-corrected chi connectivity index (χ2v) is 5.62. The molecule has 5 heteroatoms. The van der Waals surface area contributed by atoms with Crippen molar-refractivity contribution in [2.24, 2.45) is 5.73 Å². The number of nitrogens with zero attached hydrogens (tertiary/aromatic N) is 2. The van der Waals surface area contributed by atoms with Crippen molar-refractivity contribution in [2.75, 3.05) is 18.0 Å². The third kappa shape index (κ3) is 3.28. The SMILES string of the molecule is CCN(Cc1cccs1)c1nc(CCN)cs1. The van der Waals surface area contributed by atoms with E-state index < -0.39 is 0 Å². The lowest BCUT2D eigenvalue weighted by atomic mass is 10.3. The maximum Gasteiger partial charge on any atom is 0.185 e. The highest BCUT2D eigenvalue weighted by Gasteiger charge is 2.10. The molecule has 0 saturated carbocycles. The van der Waals surface area contributed by atoms with E-state index in [0.29, 0.717) is 6.54 Å². The zero-order valence-corrected chi connectivity index (χ0v) is 11.6. The third-order valence-corrected chi connectivity index (χ3v) is 4.33. The predicted octanol–water partition coefficient (Wildman–Crippen LogP) is 2.73. The monoisotopic (exact) mass is 267 g/mol. The number of thiophene rings is 1. The molecule has 2 aromatic rings. The maximum atomic E-state index is 5.54. The van der Waals surface area contributed by atoms with Gasteiger partial charge in [0.1, 0.15) is 0 Å². The highest BCUT2D eigenvalue weighted by atomic mass is 32.1. The van der Waals surface area contributed by atoms with E-state index in [4.69, 9.17) is 5.73 Å². The smallest absolute Gasteiger partial charge is 0.185 e. The second-order valence-electron chi connectivity index (χ2n) is 3.75. The van der Waals surface area contributed by atoms with Crippen molar-refractivity contribution < 1.29 is 0 Å². The van der Waals surface area contributed by atoms with E-state index in [1.54, 1.807) is 22.7 Å². The Kier molecular flexibility index (Phi) is 4.53. The van der Waals surface area contributed by atoms with Gasteiger partial charge in [-0.05, 0) is 24.9 Å². The first-order valence-electron chi connectivity index (χ1n) is 5.75. The van der Waals surface area contributed by atoms with Crippen LogP contribution < -0.4 is 10.6 Å². The van der Waals surface area contributed by atoms with E-state index in [2.05, 4.69) is 39.7 Å². The van der Waals surface area contributed by atoms with Crippen molar-refractivity contribution in [3.05, 3.63) is 33.5 Å². The molecule has 0 bridgehead atoms. The van der Waals surface area contributed by atoms with Crippen LogP contribution in [-0.2, 0) is 13.0 Å². The first kappa shape index (κ1) is 12.5. The van der Waals surface area contributed by atoms with E-state index in [9.17, 15) is 0 Å². The van der Waals surface area contributed by atoms with Crippen LogP contribution in [-0.4, -0.2) is 18.1 Å². The van der Waals surface area contributed by atoms with Gasteiger partial charge in [-0.2, -0.15) is 0 Å². The van der Waals surface area contributed by atoms with E-state index in [0.717, 1.165) is 30.3 Å². The van der Waals surface area contributed by atoms with Crippen LogP contribution >= 0.6 is 22.7 Å². The number of anilines is 1. The lowest BCUT2D eigenvalue weighted by molar-refractivity contribution is 0.827. The number of nitrogens with two attached hydrogens (primary N) is 1. The Hall–Kier alpha value is -0.910. The molecule has 2 N–H and O–H groups in total. The van der Waals surface area contributed by atoms with Crippen LogP contribution in [0.25, 0.3) is 0 Å². The van der Waals surface area contributed by atoms with Gasteiger partial charge in [0.15, 0.2) is 5.13 Å². The Morgan fingerprint density at radius 2 is 2.29 bits per heavy atom. The fourth-order valence-electron chi connectivity index (χ4n) is 1.61. The summed E-state index contributed by atoms with van der Waals surface area (Å²) in [4.78, 5) is 8.30. The van der Waals surface area contributed by atoms with Gasteiger partial charge in [0.05, 0.1) is 12.2 Å². The van der Waals surface area contributed by atoms with Crippen molar-refractivity contribution in [3.8, 4) is 0 Å². The quantitative estimate of drug-likeness (QED) is 0.875. The Balaban J connectivity index is 2.06. The molecule has 0 aliphatic carbocycles. The minimum Gasteiger partial charge on any atom is -0.343 e. The molecule has 0 aliphatic rings. The van der Waals surface area contributed by atoms with Crippen LogP contribution in [0.3, 0.4) is 0 Å². The van der Waals surface area contributed by atoms with E-state index >= 15 is 0 Å². The molecule has 0 atom stereocenters. The van der Waals surface area contributed by atoms with Crippen LogP contribution in [0.15, 0.2) is 22.9 Å². The largest absolute Gasteiger partial charge is 0.343 e. The van der Waals surface area contributed by atoms with Crippen molar-refractivity contribution in [1.82, 2.24) is 4.98 Å². The first-order chi connectivity index (χ1) is 8.33. The van der Waals surface area contributed by atoms with Crippen LogP contribution in [0, 0.1) is 0 Å². The van der Waals surface area contributed by atoms with Gasteiger partial charge in [-0.1, -0.05) is 6.07 Å². The summed E-state index contributed by atoms with van der Waals surface area (Å²) in [6.07, 6.45) is 0.868. The summed E-state index contributed by atoms with van der Waals surface area (Å²) in [7, 11) is 0. The summed E-state index contributed by atoms with van der Waals surface area (Å²) in [6.45, 7) is 4.76. The Morgan fingerprint density at radius 3 is 2.94 bits per heavy atom. The van der Waals surface area contributed by atoms with Crippen LogP contribution in [0.5, 0.6) is 0 Å². The normalized spacial score (nSPS) is 10.7. The summed E-state index contributed by atoms with van der Waals surface area (Å²) in [5.74, 6) is 0. The van der Waals surface area contributed by atoms with E-state index in [1.807, 2.05) is 0 Å². The molecule has 0 saturated heterocycles. The van der Waals surface area contributed by atoms with Gasteiger partial charge in [-0.15, -0.1) is 22.7 Å². The number of aromatic nitrogens is 1. The minimum atomic E-state index is 0.667. The van der Waals surface area contributed by atoms with E-state index in [1.165, 1.54) is 4.88 Å². The lowest BCUT2D eigenvalue weighted by Gasteiger charge is -2.18. The standard InChI is InChI=1S/C12H17N3S2/c1-2-15(8-11-4-3-7-16-11)12-14-10(5-6-13)9-17-12/h3-4,7,9H,2,5-6,8,13H2,1H3. The highest BCUT2D eigenvalue weighted by Crippen LogP contribution is 2.23. The molecule has 2 rings (SSSR count). The number of thiazole rings is 1. The van der Waals surface area contributed by atoms with Gasteiger partial charge in [0.2, 0.25) is 0 Å². The molecule has 17 heavy (non-hydrogen) atoms. The van der Waals surface area contributed by atoms with Gasteiger partial charge in [0.25, 0.3) is 0 Å². The Morgan fingerprint density at radius 1 is 1.41 bits per heavy atom. The zero-order valence-electron chi connectivity index (χ0n) is 9.93. The van der Waals surface area contributed by atoms with Crippen LogP contribution in [0.2, 0.25) is 0 Å². The van der Waals surface area contributed by atoms with Crippen LogP contribution in [0.1, 0.15) is 17.5 Å². The average Bonchev–Trinajstić information content (AvgIpc) is 2.97. The summed E-state index contributed by atoms with van der Waals surface area (Å²) in [5.41, 5.74) is 6.65.